The van der Waals surface area contributed by atoms with E-state index in [1.54, 1.807) is 6.20 Å². The number of aromatic nitrogens is 3. The molecule has 0 aliphatic rings. The second-order valence-corrected chi connectivity index (χ2v) is 7.92. The molecule has 162 valence electrons. The summed E-state index contributed by atoms with van der Waals surface area (Å²) in [5, 5.41) is 6.29. The van der Waals surface area contributed by atoms with Crippen molar-refractivity contribution in [1.29, 1.82) is 0 Å². The molecule has 1 amide bonds. The van der Waals surface area contributed by atoms with Crippen LogP contribution in [0.25, 0.3) is 11.3 Å². The van der Waals surface area contributed by atoms with Crippen molar-refractivity contribution >= 4 is 17.5 Å². The summed E-state index contributed by atoms with van der Waals surface area (Å²) < 4.78 is 0. The van der Waals surface area contributed by atoms with Gasteiger partial charge in [0.1, 0.15) is 5.69 Å². The monoisotopic (exact) mass is 425 g/mol. The fraction of sp³-hybridized carbons (Fsp3) is 0.192. The average Bonchev–Trinajstić information content (AvgIpc) is 3.31. The van der Waals surface area contributed by atoms with Crippen molar-refractivity contribution in [2.45, 2.75) is 32.7 Å². The molecule has 0 bridgehead atoms. The predicted molar refractivity (Wildman–Crippen MR) is 128 cm³/mol. The molecule has 2 heterocycles. The lowest BCUT2D eigenvalue weighted by atomic mass is 10.1. The number of aryl methyl sites for hydroxylation is 2. The van der Waals surface area contributed by atoms with E-state index in [1.165, 1.54) is 5.56 Å². The number of carbonyl (C=O) groups is 1. The molecule has 0 saturated carbocycles. The number of para-hydroxylation sites is 1. The molecule has 2 aromatic carbocycles. The van der Waals surface area contributed by atoms with E-state index < -0.39 is 0 Å². The Kier molecular flexibility index (Phi) is 6.60. The smallest absolute Gasteiger partial charge is 0.267 e. The Morgan fingerprint density at radius 2 is 1.78 bits per heavy atom. The first-order chi connectivity index (χ1) is 15.6. The van der Waals surface area contributed by atoms with Gasteiger partial charge in [-0.25, -0.2) is 9.97 Å². The molecule has 4 aromatic rings. The van der Waals surface area contributed by atoms with E-state index in [1.807, 2.05) is 74.6 Å². The van der Waals surface area contributed by atoms with Crippen LogP contribution in [0.4, 0.5) is 11.6 Å². The van der Waals surface area contributed by atoms with Crippen molar-refractivity contribution in [3.05, 3.63) is 95.9 Å². The Balaban J connectivity index is 1.41. The largest absolute Gasteiger partial charge is 0.357 e. The maximum atomic E-state index is 12.7. The second kappa shape index (κ2) is 9.92. The number of benzene rings is 2. The molecule has 0 aliphatic heterocycles. The van der Waals surface area contributed by atoms with Gasteiger partial charge in [0.05, 0.1) is 5.69 Å². The third-order valence-electron chi connectivity index (χ3n) is 5.29. The summed E-state index contributed by atoms with van der Waals surface area (Å²) in [6.07, 6.45) is 5.40. The first-order valence-electron chi connectivity index (χ1n) is 10.8. The van der Waals surface area contributed by atoms with Gasteiger partial charge < -0.3 is 15.6 Å². The summed E-state index contributed by atoms with van der Waals surface area (Å²) in [6.45, 7) is 3.99. The van der Waals surface area contributed by atoms with Crippen molar-refractivity contribution < 1.29 is 4.79 Å². The minimum absolute atomic E-state index is 0.0666. The Bertz CT molecular complexity index is 1170. The fourth-order valence-corrected chi connectivity index (χ4v) is 3.51. The zero-order chi connectivity index (χ0) is 22.3. The van der Waals surface area contributed by atoms with Gasteiger partial charge in [-0.05, 0) is 56.0 Å². The number of H-pyrrole nitrogens is 1. The molecular formula is C26H27N5O. The van der Waals surface area contributed by atoms with Crippen LogP contribution in [0.1, 0.15) is 35.0 Å². The van der Waals surface area contributed by atoms with Crippen LogP contribution in [0.2, 0.25) is 0 Å². The van der Waals surface area contributed by atoms with Gasteiger partial charge in [0.2, 0.25) is 5.95 Å². The molecule has 3 N–H and O–H groups in total. The normalized spacial score (nSPS) is 11.7. The number of carbonyl (C=O) groups excluding carboxylic acids is 1. The van der Waals surface area contributed by atoms with Gasteiger partial charge >= 0.3 is 0 Å². The van der Waals surface area contributed by atoms with Gasteiger partial charge in [0.15, 0.2) is 0 Å². The number of rotatable bonds is 8. The Hall–Kier alpha value is -3.93. The molecule has 4 rings (SSSR count). The van der Waals surface area contributed by atoms with E-state index in [4.69, 9.17) is 0 Å². The Morgan fingerprint density at radius 3 is 2.53 bits per heavy atom. The highest BCUT2D eigenvalue weighted by molar-refractivity contribution is 5.94. The van der Waals surface area contributed by atoms with Crippen LogP contribution in [0.15, 0.2) is 79.1 Å². The van der Waals surface area contributed by atoms with Gasteiger partial charge in [-0.2, -0.15) is 0 Å². The molecular weight excluding hydrogens is 398 g/mol. The highest BCUT2D eigenvalue weighted by Gasteiger charge is 2.15. The number of aromatic amines is 1. The van der Waals surface area contributed by atoms with Crippen LogP contribution < -0.4 is 10.6 Å². The molecule has 0 radical (unpaired) electrons. The molecule has 1 unspecified atom stereocenters. The van der Waals surface area contributed by atoms with Crippen molar-refractivity contribution in [2.75, 3.05) is 5.32 Å². The summed E-state index contributed by atoms with van der Waals surface area (Å²) in [7, 11) is 0. The Morgan fingerprint density at radius 1 is 1.06 bits per heavy atom. The topological polar surface area (TPSA) is 82.7 Å². The third-order valence-corrected chi connectivity index (χ3v) is 5.29. The lowest BCUT2D eigenvalue weighted by molar-refractivity contribution is 0.0934. The molecule has 6 heteroatoms. The van der Waals surface area contributed by atoms with Crippen LogP contribution in [-0.4, -0.2) is 26.9 Å². The van der Waals surface area contributed by atoms with Gasteiger partial charge in [-0.3, -0.25) is 4.79 Å². The van der Waals surface area contributed by atoms with Crippen LogP contribution in [0.5, 0.6) is 0 Å². The molecule has 1 atom stereocenters. The zero-order valence-corrected chi connectivity index (χ0v) is 18.3. The molecule has 32 heavy (non-hydrogen) atoms. The molecule has 2 aromatic heterocycles. The fourth-order valence-electron chi connectivity index (χ4n) is 3.51. The van der Waals surface area contributed by atoms with Crippen LogP contribution in [0, 0.1) is 6.92 Å². The van der Waals surface area contributed by atoms with E-state index in [9.17, 15) is 4.79 Å². The Labute approximate surface area is 188 Å². The standard InChI is InChI=1S/C26H27N5O/c1-18-16-28-26(30-22-11-7-4-8-12-22)31-24(18)21-15-23(27-17-21)25(32)29-19(2)13-14-20-9-5-3-6-10-20/h3-12,15-17,19,27H,13-14H2,1-2H3,(H,29,32)(H,28,30,31). The van der Waals surface area contributed by atoms with Gasteiger partial charge in [-0.1, -0.05) is 48.5 Å². The number of amides is 1. The van der Waals surface area contributed by atoms with Gasteiger partial charge in [0.25, 0.3) is 5.91 Å². The van der Waals surface area contributed by atoms with Gasteiger partial charge in [0, 0.05) is 29.7 Å². The van der Waals surface area contributed by atoms with Crippen molar-refractivity contribution in [2.24, 2.45) is 0 Å². The second-order valence-electron chi connectivity index (χ2n) is 7.92. The minimum atomic E-state index is -0.119. The number of anilines is 2. The van der Waals surface area contributed by atoms with Crippen LogP contribution in [0.3, 0.4) is 0 Å². The highest BCUT2D eigenvalue weighted by Crippen LogP contribution is 2.24. The van der Waals surface area contributed by atoms with Crippen molar-refractivity contribution in [3.63, 3.8) is 0 Å². The molecule has 6 nitrogen and oxygen atoms in total. The quantitative estimate of drug-likeness (QED) is 0.359. The third kappa shape index (κ3) is 5.40. The molecule has 0 spiro atoms. The molecule has 0 aliphatic carbocycles. The van der Waals surface area contributed by atoms with E-state index in [2.05, 4.69) is 37.7 Å². The number of hydrogen-bond acceptors (Lipinski definition) is 4. The first kappa shape index (κ1) is 21.3. The molecule has 0 saturated heterocycles. The van der Waals surface area contributed by atoms with Crippen molar-refractivity contribution in [3.8, 4) is 11.3 Å². The van der Waals surface area contributed by atoms with E-state index >= 15 is 0 Å². The van der Waals surface area contributed by atoms with Crippen molar-refractivity contribution in [1.82, 2.24) is 20.3 Å². The summed E-state index contributed by atoms with van der Waals surface area (Å²) in [6, 6.07) is 22.0. The summed E-state index contributed by atoms with van der Waals surface area (Å²) in [5.74, 6) is 0.393. The zero-order valence-electron chi connectivity index (χ0n) is 18.3. The summed E-state index contributed by atoms with van der Waals surface area (Å²) in [4.78, 5) is 24.8. The predicted octanol–water partition coefficient (Wildman–Crippen LogP) is 5.27. The lowest BCUT2D eigenvalue weighted by Gasteiger charge is -2.13. The average molecular weight is 426 g/mol. The van der Waals surface area contributed by atoms with Gasteiger partial charge in [-0.15, -0.1) is 0 Å². The number of nitrogens with one attached hydrogen (secondary N) is 3. The summed E-state index contributed by atoms with van der Waals surface area (Å²) in [5.41, 5.74) is 5.28. The maximum absolute atomic E-state index is 12.7. The lowest BCUT2D eigenvalue weighted by Crippen LogP contribution is -2.33. The number of hydrogen-bond donors (Lipinski definition) is 3. The van der Waals surface area contributed by atoms with E-state index in [-0.39, 0.29) is 11.9 Å². The van der Waals surface area contributed by atoms with Crippen LogP contribution >= 0.6 is 0 Å². The van der Waals surface area contributed by atoms with E-state index in [0.717, 1.165) is 35.3 Å². The number of nitrogens with zero attached hydrogens (tertiary/aromatic N) is 2. The SMILES string of the molecule is Cc1cnc(Nc2ccccc2)nc1-c1c[nH]c(C(=O)NC(C)CCc2ccccc2)c1. The summed E-state index contributed by atoms with van der Waals surface area (Å²) >= 11 is 0. The minimum Gasteiger partial charge on any atom is -0.357 e. The molecule has 0 fully saturated rings. The maximum Gasteiger partial charge on any atom is 0.267 e. The first-order valence-corrected chi connectivity index (χ1v) is 10.8. The van der Waals surface area contributed by atoms with E-state index in [0.29, 0.717) is 11.6 Å². The van der Waals surface area contributed by atoms with Crippen LogP contribution in [-0.2, 0) is 6.42 Å². The highest BCUT2D eigenvalue weighted by atomic mass is 16.1.